The highest BCUT2D eigenvalue weighted by Gasteiger charge is 2.11. The predicted molar refractivity (Wildman–Crippen MR) is 93.6 cm³/mol. The molecule has 2 aromatic rings. The number of hydrogen-bond acceptors (Lipinski definition) is 4. The Labute approximate surface area is 149 Å². The van der Waals surface area contributed by atoms with Gasteiger partial charge in [-0.1, -0.05) is 23.2 Å². The van der Waals surface area contributed by atoms with Gasteiger partial charge in [0, 0.05) is 10.6 Å². The van der Waals surface area contributed by atoms with Crippen molar-refractivity contribution in [2.75, 3.05) is 19.0 Å². The number of carbonyl (C=O) groups is 2. The van der Waals surface area contributed by atoms with E-state index in [0.29, 0.717) is 32.8 Å². The van der Waals surface area contributed by atoms with Crippen LogP contribution in [0.4, 0.5) is 5.69 Å². The van der Waals surface area contributed by atoms with Gasteiger partial charge < -0.3 is 14.8 Å². The zero-order valence-corrected chi connectivity index (χ0v) is 14.6. The van der Waals surface area contributed by atoms with E-state index in [1.165, 1.54) is 20.1 Å². The van der Waals surface area contributed by atoms with Crippen molar-refractivity contribution in [3.05, 3.63) is 52.0 Å². The van der Waals surface area contributed by atoms with Crippen molar-refractivity contribution < 1.29 is 19.1 Å². The van der Waals surface area contributed by atoms with Crippen LogP contribution in [-0.2, 0) is 4.79 Å². The van der Waals surface area contributed by atoms with E-state index in [-0.39, 0.29) is 12.4 Å². The van der Waals surface area contributed by atoms with Crippen LogP contribution in [0.3, 0.4) is 0 Å². The van der Waals surface area contributed by atoms with Crippen LogP contribution in [0.5, 0.6) is 11.5 Å². The average Bonchev–Trinajstić information content (AvgIpc) is 2.55. The first-order valence-electron chi connectivity index (χ1n) is 6.97. The Morgan fingerprint density at radius 2 is 1.83 bits per heavy atom. The average molecular weight is 368 g/mol. The second kappa shape index (κ2) is 8.04. The highest BCUT2D eigenvalue weighted by molar-refractivity contribution is 6.36. The lowest BCUT2D eigenvalue weighted by Gasteiger charge is -2.12. The molecule has 0 saturated carbocycles. The van der Waals surface area contributed by atoms with E-state index in [2.05, 4.69) is 5.32 Å². The van der Waals surface area contributed by atoms with E-state index < -0.39 is 5.91 Å². The van der Waals surface area contributed by atoms with E-state index in [4.69, 9.17) is 32.7 Å². The molecular formula is C17H15Cl2NO4. The summed E-state index contributed by atoms with van der Waals surface area (Å²) in [7, 11) is 1.46. The molecule has 0 heterocycles. The van der Waals surface area contributed by atoms with Gasteiger partial charge in [0.1, 0.15) is 0 Å². The van der Waals surface area contributed by atoms with Crippen molar-refractivity contribution in [2.24, 2.45) is 0 Å². The van der Waals surface area contributed by atoms with Crippen LogP contribution in [0, 0.1) is 0 Å². The molecule has 0 unspecified atom stereocenters. The minimum Gasteiger partial charge on any atom is -0.493 e. The SMILES string of the molecule is COc1cc(C(C)=O)ccc1OCC(=O)Nc1ccc(Cl)cc1Cl. The Hall–Kier alpha value is -2.24. The fourth-order valence-corrected chi connectivity index (χ4v) is 2.38. The van der Waals surface area contributed by atoms with E-state index in [0.717, 1.165) is 0 Å². The number of halogens is 2. The maximum absolute atomic E-state index is 12.0. The molecule has 0 saturated heterocycles. The molecule has 24 heavy (non-hydrogen) atoms. The van der Waals surface area contributed by atoms with Crippen molar-refractivity contribution in [1.29, 1.82) is 0 Å². The third kappa shape index (κ3) is 4.63. The molecule has 2 aromatic carbocycles. The molecule has 0 aliphatic carbocycles. The normalized spacial score (nSPS) is 10.2. The summed E-state index contributed by atoms with van der Waals surface area (Å²) in [4.78, 5) is 23.3. The number of methoxy groups -OCH3 is 1. The molecule has 1 amide bonds. The van der Waals surface area contributed by atoms with Crippen molar-refractivity contribution in [3.63, 3.8) is 0 Å². The molecule has 0 aliphatic rings. The van der Waals surface area contributed by atoms with Crippen LogP contribution in [0.25, 0.3) is 0 Å². The molecule has 0 atom stereocenters. The summed E-state index contributed by atoms with van der Waals surface area (Å²) in [6, 6.07) is 9.50. The van der Waals surface area contributed by atoms with E-state index in [1.54, 1.807) is 30.3 Å². The summed E-state index contributed by atoms with van der Waals surface area (Å²) in [5.74, 6) is 0.256. The highest BCUT2D eigenvalue weighted by Crippen LogP contribution is 2.29. The number of hydrogen-bond donors (Lipinski definition) is 1. The van der Waals surface area contributed by atoms with E-state index in [9.17, 15) is 9.59 Å². The minimum absolute atomic E-state index is 0.0880. The standard InChI is InChI=1S/C17H15Cl2NO4/c1-10(21)11-3-6-15(16(7-11)23-2)24-9-17(22)20-14-5-4-12(18)8-13(14)19/h3-8H,9H2,1-2H3,(H,20,22). The van der Waals surface area contributed by atoms with Crippen LogP contribution in [0.1, 0.15) is 17.3 Å². The second-order valence-electron chi connectivity index (χ2n) is 4.88. The lowest BCUT2D eigenvalue weighted by molar-refractivity contribution is -0.118. The summed E-state index contributed by atoms with van der Waals surface area (Å²) in [5, 5.41) is 3.43. The zero-order chi connectivity index (χ0) is 17.7. The fourth-order valence-electron chi connectivity index (χ4n) is 1.93. The smallest absolute Gasteiger partial charge is 0.262 e. The molecule has 0 aliphatic heterocycles. The number of ether oxygens (including phenoxy) is 2. The van der Waals surface area contributed by atoms with Gasteiger partial charge in [-0.15, -0.1) is 0 Å². The monoisotopic (exact) mass is 367 g/mol. The molecule has 2 rings (SSSR count). The largest absolute Gasteiger partial charge is 0.493 e. The number of carbonyl (C=O) groups excluding carboxylic acids is 2. The molecule has 5 nitrogen and oxygen atoms in total. The van der Waals surface area contributed by atoms with Crippen molar-refractivity contribution in [3.8, 4) is 11.5 Å². The van der Waals surface area contributed by atoms with E-state index in [1.807, 2.05) is 0 Å². The van der Waals surface area contributed by atoms with Gasteiger partial charge in [-0.3, -0.25) is 9.59 Å². The van der Waals surface area contributed by atoms with Crippen LogP contribution < -0.4 is 14.8 Å². The van der Waals surface area contributed by atoms with Gasteiger partial charge in [0.25, 0.3) is 5.91 Å². The Morgan fingerprint density at radius 3 is 2.46 bits per heavy atom. The summed E-state index contributed by atoms with van der Waals surface area (Å²) in [6.07, 6.45) is 0. The van der Waals surface area contributed by atoms with Crippen molar-refractivity contribution in [2.45, 2.75) is 6.92 Å². The Morgan fingerprint density at radius 1 is 1.08 bits per heavy atom. The van der Waals surface area contributed by atoms with Gasteiger partial charge in [-0.05, 0) is 43.3 Å². The number of nitrogens with one attached hydrogen (secondary N) is 1. The first kappa shape index (κ1) is 18.1. The lowest BCUT2D eigenvalue weighted by atomic mass is 10.1. The topological polar surface area (TPSA) is 64.6 Å². The summed E-state index contributed by atoms with van der Waals surface area (Å²) in [6.45, 7) is 1.22. The molecule has 0 fully saturated rings. The van der Waals surface area contributed by atoms with Crippen LogP contribution in [0.2, 0.25) is 10.0 Å². The number of ketones is 1. The summed E-state index contributed by atoms with van der Waals surface area (Å²) in [5.41, 5.74) is 0.935. The molecule has 0 aromatic heterocycles. The Bertz CT molecular complexity index is 777. The summed E-state index contributed by atoms with van der Waals surface area (Å²) < 4.78 is 10.6. The number of Topliss-reactive ketones (excluding diaryl/α,β-unsaturated/α-hetero) is 1. The Balaban J connectivity index is 2.02. The third-order valence-corrected chi connectivity index (χ3v) is 3.68. The first-order chi connectivity index (χ1) is 11.4. The third-order valence-electron chi connectivity index (χ3n) is 3.13. The fraction of sp³-hybridized carbons (Fsp3) is 0.176. The van der Waals surface area contributed by atoms with E-state index >= 15 is 0 Å². The summed E-state index contributed by atoms with van der Waals surface area (Å²) >= 11 is 11.8. The molecule has 0 spiro atoms. The zero-order valence-electron chi connectivity index (χ0n) is 13.1. The van der Waals surface area contributed by atoms with Crippen LogP contribution in [-0.4, -0.2) is 25.4 Å². The maximum Gasteiger partial charge on any atom is 0.262 e. The highest BCUT2D eigenvalue weighted by atomic mass is 35.5. The van der Waals surface area contributed by atoms with Gasteiger partial charge in [0.2, 0.25) is 0 Å². The Kier molecular flexibility index (Phi) is 6.06. The number of amides is 1. The molecule has 126 valence electrons. The second-order valence-corrected chi connectivity index (χ2v) is 5.73. The number of benzene rings is 2. The lowest BCUT2D eigenvalue weighted by Crippen LogP contribution is -2.20. The van der Waals surface area contributed by atoms with Gasteiger partial charge in [0.05, 0.1) is 17.8 Å². The van der Waals surface area contributed by atoms with Gasteiger partial charge in [-0.2, -0.15) is 0 Å². The quantitative estimate of drug-likeness (QED) is 0.776. The molecular weight excluding hydrogens is 353 g/mol. The van der Waals surface area contributed by atoms with Crippen LogP contribution in [0.15, 0.2) is 36.4 Å². The molecule has 1 N–H and O–H groups in total. The number of rotatable bonds is 6. The van der Waals surface area contributed by atoms with Crippen LogP contribution >= 0.6 is 23.2 Å². The number of anilines is 1. The van der Waals surface area contributed by atoms with Gasteiger partial charge in [-0.25, -0.2) is 0 Å². The van der Waals surface area contributed by atoms with Crippen molar-refractivity contribution >= 4 is 40.6 Å². The predicted octanol–water partition coefficient (Wildman–Crippen LogP) is 4.22. The van der Waals surface area contributed by atoms with Gasteiger partial charge >= 0.3 is 0 Å². The van der Waals surface area contributed by atoms with Gasteiger partial charge in [0.15, 0.2) is 23.9 Å². The molecule has 7 heteroatoms. The first-order valence-corrected chi connectivity index (χ1v) is 7.73. The molecule has 0 radical (unpaired) electrons. The molecule has 0 bridgehead atoms. The minimum atomic E-state index is -0.392. The maximum atomic E-state index is 12.0. The van der Waals surface area contributed by atoms with Crippen molar-refractivity contribution in [1.82, 2.24) is 0 Å².